The Labute approximate surface area is 161 Å². The summed E-state index contributed by atoms with van der Waals surface area (Å²) in [6.07, 6.45) is 2.51. The number of nitrogens with zero attached hydrogens (tertiary/aromatic N) is 2. The predicted molar refractivity (Wildman–Crippen MR) is 105 cm³/mol. The molecule has 0 aliphatic carbocycles. The average Bonchev–Trinajstić information content (AvgIpc) is 2.98. The number of hydrogen-bond donors (Lipinski definition) is 2. The maximum absolute atomic E-state index is 12.2. The molecule has 3 N–H and O–H groups in total. The van der Waals surface area contributed by atoms with Crippen molar-refractivity contribution in [1.82, 2.24) is 15.2 Å². The summed E-state index contributed by atoms with van der Waals surface area (Å²) >= 11 is 1.44. The summed E-state index contributed by atoms with van der Waals surface area (Å²) in [7, 11) is 0. The molecule has 2 heterocycles. The highest BCUT2D eigenvalue weighted by atomic mass is 35.5. The van der Waals surface area contributed by atoms with Gasteiger partial charge in [-0.05, 0) is 37.8 Å². The van der Waals surface area contributed by atoms with Crippen LogP contribution in [0.5, 0.6) is 0 Å². The molecule has 1 aromatic rings. The van der Waals surface area contributed by atoms with Crippen LogP contribution in [0.3, 0.4) is 0 Å². The molecule has 0 radical (unpaired) electrons. The van der Waals surface area contributed by atoms with Crippen LogP contribution in [0.2, 0.25) is 0 Å². The van der Waals surface area contributed by atoms with Gasteiger partial charge in [-0.15, -0.1) is 36.2 Å². The minimum absolute atomic E-state index is 0. The summed E-state index contributed by atoms with van der Waals surface area (Å²) < 4.78 is 0. The number of piperidine rings is 1. The fourth-order valence-electron chi connectivity index (χ4n) is 2.94. The van der Waals surface area contributed by atoms with Gasteiger partial charge in [0.2, 0.25) is 0 Å². The van der Waals surface area contributed by atoms with E-state index < -0.39 is 0 Å². The first-order chi connectivity index (χ1) is 10.5. The summed E-state index contributed by atoms with van der Waals surface area (Å²) in [5.41, 5.74) is 6.03. The SMILES string of the molecule is CC1CCN(C(CNC(=O)c2csc(CN)n2)C(C)C)CC1.Cl.Cl. The number of rotatable bonds is 6. The number of nitrogens with two attached hydrogens (primary N) is 1. The molecule has 1 aliphatic rings. The Morgan fingerprint density at radius 2 is 2.04 bits per heavy atom. The number of likely N-dealkylation sites (tertiary alicyclic amines) is 1. The molecule has 1 unspecified atom stereocenters. The van der Waals surface area contributed by atoms with Crippen molar-refractivity contribution in [2.75, 3.05) is 19.6 Å². The van der Waals surface area contributed by atoms with Gasteiger partial charge in [-0.1, -0.05) is 20.8 Å². The van der Waals surface area contributed by atoms with Crippen molar-refractivity contribution in [2.24, 2.45) is 17.6 Å². The number of amides is 1. The third kappa shape index (κ3) is 6.48. The Bertz CT molecular complexity index is 490. The molecule has 0 spiro atoms. The highest BCUT2D eigenvalue weighted by Crippen LogP contribution is 2.21. The van der Waals surface area contributed by atoms with Crippen LogP contribution in [0.4, 0.5) is 0 Å². The molecule has 0 saturated carbocycles. The quantitative estimate of drug-likeness (QED) is 0.774. The second-order valence-corrected chi connectivity index (χ2v) is 7.51. The zero-order valence-electron chi connectivity index (χ0n) is 14.7. The van der Waals surface area contributed by atoms with Crippen molar-refractivity contribution in [1.29, 1.82) is 0 Å². The molecule has 1 amide bonds. The van der Waals surface area contributed by atoms with Crippen molar-refractivity contribution in [3.8, 4) is 0 Å². The molecule has 24 heavy (non-hydrogen) atoms. The van der Waals surface area contributed by atoms with Crippen molar-refractivity contribution < 1.29 is 4.79 Å². The Morgan fingerprint density at radius 1 is 1.42 bits per heavy atom. The minimum atomic E-state index is -0.0908. The lowest BCUT2D eigenvalue weighted by Crippen LogP contribution is -2.49. The minimum Gasteiger partial charge on any atom is -0.349 e. The average molecular weight is 397 g/mol. The van der Waals surface area contributed by atoms with E-state index in [0.717, 1.165) is 24.0 Å². The van der Waals surface area contributed by atoms with E-state index in [1.165, 1.54) is 24.2 Å². The van der Waals surface area contributed by atoms with Gasteiger partial charge in [-0.25, -0.2) is 4.98 Å². The maximum atomic E-state index is 12.2. The maximum Gasteiger partial charge on any atom is 0.270 e. The van der Waals surface area contributed by atoms with E-state index in [4.69, 9.17) is 5.73 Å². The summed E-state index contributed by atoms with van der Waals surface area (Å²) in [6, 6.07) is 0.393. The number of nitrogens with one attached hydrogen (secondary N) is 1. The van der Waals surface area contributed by atoms with Crippen molar-refractivity contribution in [3.63, 3.8) is 0 Å². The van der Waals surface area contributed by atoms with Gasteiger partial charge in [0.05, 0.1) is 0 Å². The fourth-order valence-corrected chi connectivity index (χ4v) is 3.60. The van der Waals surface area contributed by atoms with Crippen LogP contribution in [-0.4, -0.2) is 41.5 Å². The topological polar surface area (TPSA) is 71.2 Å². The number of carbonyl (C=O) groups excluding carboxylic acids is 1. The molecule has 0 bridgehead atoms. The summed E-state index contributed by atoms with van der Waals surface area (Å²) in [5.74, 6) is 1.25. The van der Waals surface area contributed by atoms with Crippen molar-refractivity contribution in [3.05, 3.63) is 16.1 Å². The summed E-state index contributed by atoms with van der Waals surface area (Å²) in [5, 5.41) is 5.63. The molecule has 1 aliphatic heterocycles. The lowest BCUT2D eigenvalue weighted by Gasteiger charge is -2.38. The first-order valence-corrected chi connectivity index (χ1v) is 9.06. The van der Waals surface area contributed by atoms with Crippen LogP contribution in [0.25, 0.3) is 0 Å². The molecule has 2 rings (SSSR count). The van der Waals surface area contributed by atoms with E-state index in [-0.39, 0.29) is 30.7 Å². The van der Waals surface area contributed by atoms with Crippen LogP contribution in [0.15, 0.2) is 5.38 Å². The van der Waals surface area contributed by atoms with Gasteiger partial charge >= 0.3 is 0 Å². The van der Waals surface area contributed by atoms with Gasteiger partial charge in [0.15, 0.2) is 0 Å². The second kappa shape index (κ2) is 11.3. The standard InChI is InChI=1S/C16H28N4OS.2ClH/c1-11(2)14(20-6-4-12(3)5-7-20)9-18-16(21)13-10-22-15(8-17)19-13;;/h10-12,14H,4-9,17H2,1-3H3,(H,18,21);2*1H. The number of hydrogen-bond acceptors (Lipinski definition) is 5. The van der Waals surface area contributed by atoms with E-state index in [2.05, 4.69) is 36.0 Å². The molecule has 5 nitrogen and oxygen atoms in total. The molecular weight excluding hydrogens is 367 g/mol. The van der Waals surface area contributed by atoms with Gasteiger partial charge in [-0.2, -0.15) is 0 Å². The first-order valence-electron chi connectivity index (χ1n) is 8.18. The Hall–Kier alpha value is -0.400. The smallest absolute Gasteiger partial charge is 0.270 e. The van der Waals surface area contributed by atoms with Crippen LogP contribution < -0.4 is 11.1 Å². The van der Waals surface area contributed by atoms with Crippen LogP contribution >= 0.6 is 36.2 Å². The van der Waals surface area contributed by atoms with Gasteiger partial charge in [-0.3, -0.25) is 9.69 Å². The van der Waals surface area contributed by atoms with Crippen LogP contribution in [0.1, 0.15) is 49.1 Å². The van der Waals surface area contributed by atoms with E-state index in [1.54, 1.807) is 5.38 Å². The lowest BCUT2D eigenvalue weighted by atomic mass is 9.94. The van der Waals surface area contributed by atoms with E-state index in [1.807, 2.05) is 0 Å². The van der Waals surface area contributed by atoms with Crippen molar-refractivity contribution >= 4 is 42.1 Å². The first kappa shape index (κ1) is 23.6. The van der Waals surface area contributed by atoms with E-state index in [0.29, 0.717) is 30.7 Å². The van der Waals surface area contributed by atoms with Gasteiger partial charge in [0.1, 0.15) is 10.7 Å². The molecule has 1 saturated heterocycles. The van der Waals surface area contributed by atoms with Crippen LogP contribution in [0, 0.1) is 11.8 Å². The highest BCUT2D eigenvalue weighted by Gasteiger charge is 2.26. The lowest BCUT2D eigenvalue weighted by molar-refractivity contribution is 0.0859. The molecule has 140 valence electrons. The molecule has 1 atom stereocenters. The zero-order valence-corrected chi connectivity index (χ0v) is 17.1. The second-order valence-electron chi connectivity index (χ2n) is 6.57. The zero-order chi connectivity index (χ0) is 16.1. The molecule has 1 aromatic heterocycles. The Morgan fingerprint density at radius 3 is 2.54 bits per heavy atom. The number of aromatic nitrogens is 1. The predicted octanol–water partition coefficient (Wildman–Crippen LogP) is 2.93. The molecule has 0 aromatic carbocycles. The van der Waals surface area contributed by atoms with Crippen molar-refractivity contribution in [2.45, 2.75) is 46.2 Å². The summed E-state index contributed by atoms with van der Waals surface area (Å²) in [4.78, 5) is 19.0. The van der Waals surface area contributed by atoms with Gasteiger partial charge in [0, 0.05) is 24.5 Å². The van der Waals surface area contributed by atoms with E-state index in [9.17, 15) is 4.79 Å². The molecule has 8 heteroatoms. The number of carbonyl (C=O) groups is 1. The van der Waals surface area contributed by atoms with Gasteiger partial charge in [0.25, 0.3) is 5.91 Å². The third-order valence-electron chi connectivity index (χ3n) is 4.49. The fraction of sp³-hybridized carbons (Fsp3) is 0.750. The monoisotopic (exact) mass is 396 g/mol. The molecular formula is C16H30Cl2N4OS. The van der Waals surface area contributed by atoms with E-state index >= 15 is 0 Å². The van der Waals surface area contributed by atoms with Gasteiger partial charge < -0.3 is 11.1 Å². The Kier molecular flexibility index (Phi) is 11.1. The normalized spacial score (nSPS) is 17.0. The molecule has 1 fully saturated rings. The third-order valence-corrected chi connectivity index (χ3v) is 5.36. The number of thiazole rings is 1. The van der Waals surface area contributed by atoms with Crippen LogP contribution in [-0.2, 0) is 6.54 Å². The highest BCUT2D eigenvalue weighted by molar-refractivity contribution is 7.09. The largest absolute Gasteiger partial charge is 0.349 e. The Balaban J connectivity index is 0.00000264. The summed E-state index contributed by atoms with van der Waals surface area (Å²) in [6.45, 7) is 10.1. The number of halogens is 2.